The third-order valence-electron chi connectivity index (χ3n) is 4.53. The highest BCUT2D eigenvalue weighted by atomic mass is 16.3. The second-order valence-electron chi connectivity index (χ2n) is 5.96. The first-order valence-electron chi connectivity index (χ1n) is 6.51. The summed E-state index contributed by atoms with van der Waals surface area (Å²) in [5, 5.41) is 13.3. The molecule has 0 amide bonds. The standard InChI is InChI=1S/C13H25NO/c1-10-5-6-13(9-15,7-11(10)2)14-8-12-3-4-12/h10-12,14-15H,3-9H2,1-2H3. The molecule has 0 heterocycles. The Hall–Kier alpha value is -0.0800. The Morgan fingerprint density at radius 1 is 1.20 bits per heavy atom. The van der Waals surface area contributed by atoms with Crippen LogP contribution in [0.1, 0.15) is 46.0 Å². The van der Waals surface area contributed by atoms with Gasteiger partial charge in [-0.25, -0.2) is 0 Å². The Morgan fingerprint density at radius 3 is 2.47 bits per heavy atom. The monoisotopic (exact) mass is 211 g/mol. The summed E-state index contributed by atoms with van der Waals surface area (Å²) in [4.78, 5) is 0. The Bertz CT molecular complexity index is 215. The molecule has 0 radical (unpaired) electrons. The number of aliphatic hydroxyl groups is 1. The molecule has 2 rings (SSSR count). The SMILES string of the molecule is CC1CCC(CO)(NCC2CC2)CC1C. The highest BCUT2D eigenvalue weighted by molar-refractivity contribution is 4.95. The first-order chi connectivity index (χ1) is 7.15. The van der Waals surface area contributed by atoms with Crippen molar-refractivity contribution in [1.29, 1.82) is 0 Å². The molecule has 3 atom stereocenters. The van der Waals surface area contributed by atoms with Crippen molar-refractivity contribution in [2.45, 2.75) is 51.5 Å². The molecule has 2 aliphatic carbocycles. The molecule has 0 saturated heterocycles. The van der Waals surface area contributed by atoms with Crippen molar-refractivity contribution in [2.24, 2.45) is 17.8 Å². The summed E-state index contributed by atoms with van der Waals surface area (Å²) in [7, 11) is 0. The van der Waals surface area contributed by atoms with E-state index in [0.29, 0.717) is 6.61 Å². The van der Waals surface area contributed by atoms with E-state index in [0.717, 1.165) is 37.1 Å². The van der Waals surface area contributed by atoms with Gasteiger partial charge in [-0.3, -0.25) is 0 Å². The normalized spacial score (nSPS) is 41.8. The van der Waals surface area contributed by atoms with E-state index in [4.69, 9.17) is 0 Å². The van der Waals surface area contributed by atoms with Gasteiger partial charge in [0, 0.05) is 5.54 Å². The molecule has 2 heteroatoms. The number of hydrogen-bond donors (Lipinski definition) is 2. The van der Waals surface area contributed by atoms with Crippen LogP contribution in [0.15, 0.2) is 0 Å². The van der Waals surface area contributed by atoms with Gasteiger partial charge in [0.15, 0.2) is 0 Å². The van der Waals surface area contributed by atoms with Crippen LogP contribution in [0.25, 0.3) is 0 Å². The summed E-state index contributed by atoms with van der Waals surface area (Å²) in [6.45, 7) is 6.11. The lowest BCUT2D eigenvalue weighted by Crippen LogP contribution is -2.53. The van der Waals surface area contributed by atoms with Crippen molar-refractivity contribution in [2.75, 3.05) is 13.2 Å². The van der Waals surface area contributed by atoms with E-state index >= 15 is 0 Å². The maximum absolute atomic E-state index is 9.62. The van der Waals surface area contributed by atoms with Crippen molar-refractivity contribution in [1.82, 2.24) is 5.32 Å². The van der Waals surface area contributed by atoms with Gasteiger partial charge >= 0.3 is 0 Å². The maximum Gasteiger partial charge on any atom is 0.0613 e. The van der Waals surface area contributed by atoms with Crippen LogP contribution in [-0.2, 0) is 0 Å². The van der Waals surface area contributed by atoms with Crippen LogP contribution in [0.5, 0.6) is 0 Å². The highest BCUT2D eigenvalue weighted by Gasteiger charge is 2.38. The van der Waals surface area contributed by atoms with Gasteiger partial charge in [-0.2, -0.15) is 0 Å². The van der Waals surface area contributed by atoms with Crippen LogP contribution in [0.2, 0.25) is 0 Å². The predicted molar refractivity (Wildman–Crippen MR) is 62.7 cm³/mol. The maximum atomic E-state index is 9.62. The van der Waals surface area contributed by atoms with Gasteiger partial charge in [0.05, 0.1) is 6.61 Å². The zero-order chi connectivity index (χ0) is 10.9. The number of rotatable bonds is 4. The fraction of sp³-hybridized carbons (Fsp3) is 1.00. The molecule has 0 spiro atoms. The molecule has 2 aliphatic rings. The second-order valence-corrected chi connectivity index (χ2v) is 5.96. The van der Waals surface area contributed by atoms with Crippen molar-refractivity contribution in [3.8, 4) is 0 Å². The predicted octanol–water partition coefficient (Wildman–Crippen LogP) is 2.17. The molecule has 0 bridgehead atoms. The van der Waals surface area contributed by atoms with E-state index in [1.807, 2.05) is 0 Å². The smallest absolute Gasteiger partial charge is 0.0613 e. The van der Waals surface area contributed by atoms with E-state index in [-0.39, 0.29) is 5.54 Å². The van der Waals surface area contributed by atoms with Crippen molar-refractivity contribution in [3.05, 3.63) is 0 Å². The van der Waals surface area contributed by atoms with E-state index in [2.05, 4.69) is 19.2 Å². The lowest BCUT2D eigenvalue weighted by molar-refractivity contribution is 0.0756. The van der Waals surface area contributed by atoms with Gasteiger partial charge in [-0.05, 0) is 56.4 Å². The topological polar surface area (TPSA) is 32.3 Å². The Kier molecular flexibility index (Phi) is 3.36. The minimum Gasteiger partial charge on any atom is -0.394 e. The number of aliphatic hydroxyl groups excluding tert-OH is 1. The molecular formula is C13H25NO. The van der Waals surface area contributed by atoms with Crippen LogP contribution < -0.4 is 5.32 Å². The number of nitrogens with one attached hydrogen (secondary N) is 1. The summed E-state index contributed by atoms with van der Waals surface area (Å²) in [6, 6.07) is 0. The van der Waals surface area contributed by atoms with E-state index in [1.54, 1.807) is 0 Å². The lowest BCUT2D eigenvalue weighted by Gasteiger charge is -2.42. The van der Waals surface area contributed by atoms with Crippen LogP contribution in [0.3, 0.4) is 0 Å². The van der Waals surface area contributed by atoms with Crippen molar-refractivity contribution in [3.63, 3.8) is 0 Å². The Labute approximate surface area is 93.5 Å². The van der Waals surface area contributed by atoms with Gasteiger partial charge in [0.25, 0.3) is 0 Å². The highest BCUT2D eigenvalue weighted by Crippen LogP contribution is 2.37. The van der Waals surface area contributed by atoms with Gasteiger partial charge in [0.2, 0.25) is 0 Å². The van der Waals surface area contributed by atoms with Gasteiger partial charge in [-0.15, -0.1) is 0 Å². The first kappa shape index (κ1) is 11.4. The molecule has 0 aromatic rings. The average molecular weight is 211 g/mol. The van der Waals surface area contributed by atoms with Crippen LogP contribution in [-0.4, -0.2) is 23.8 Å². The van der Waals surface area contributed by atoms with Crippen LogP contribution >= 0.6 is 0 Å². The van der Waals surface area contributed by atoms with Gasteiger partial charge in [-0.1, -0.05) is 13.8 Å². The molecule has 2 saturated carbocycles. The zero-order valence-corrected chi connectivity index (χ0v) is 10.1. The van der Waals surface area contributed by atoms with Crippen LogP contribution in [0, 0.1) is 17.8 Å². The summed E-state index contributed by atoms with van der Waals surface area (Å²) < 4.78 is 0. The molecule has 2 fully saturated rings. The summed E-state index contributed by atoms with van der Waals surface area (Å²) >= 11 is 0. The molecule has 15 heavy (non-hydrogen) atoms. The molecule has 88 valence electrons. The van der Waals surface area contributed by atoms with Gasteiger partial charge in [0.1, 0.15) is 0 Å². The van der Waals surface area contributed by atoms with E-state index in [9.17, 15) is 5.11 Å². The second kappa shape index (κ2) is 4.42. The average Bonchev–Trinajstić information content (AvgIpc) is 3.04. The van der Waals surface area contributed by atoms with Crippen molar-refractivity contribution >= 4 is 0 Å². The minimum atomic E-state index is 0.0501. The fourth-order valence-corrected chi connectivity index (χ4v) is 2.75. The quantitative estimate of drug-likeness (QED) is 0.747. The summed E-state index contributed by atoms with van der Waals surface area (Å²) in [5.74, 6) is 2.48. The summed E-state index contributed by atoms with van der Waals surface area (Å²) in [5.41, 5.74) is 0.0501. The zero-order valence-electron chi connectivity index (χ0n) is 10.1. The third-order valence-corrected chi connectivity index (χ3v) is 4.53. The number of hydrogen-bond acceptors (Lipinski definition) is 2. The largest absolute Gasteiger partial charge is 0.394 e. The van der Waals surface area contributed by atoms with E-state index < -0.39 is 0 Å². The molecule has 0 aromatic carbocycles. The first-order valence-corrected chi connectivity index (χ1v) is 6.51. The third kappa shape index (κ3) is 2.73. The molecular weight excluding hydrogens is 186 g/mol. The summed E-state index contributed by atoms with van der Waals surface area (Å²) in [6.07, 6.45) is 6.35. The Morgan fingerprint density at radius 2 is 1.93 bits per heavy atom. The Balaban J connectivity index is 1.88. The molecule has 3 unspecified atom stereocenters. The molecule has 2 N–H and O–H groups in total. The molecule has 2 nitrogen and oxygen atoms in total. The fourth-order valence-electron chi connectivity index (χ4n) is 2.75. The van der Waals surface area contributed by atoms with Gasteiger partial charge < -0.3 is 10.4 Å². The van der Waals surface area contributed by atoms with Crippen LogP contribution in [0.4, 0.5) is 0 Å². The lowest BCUT2D eigenvalue weighted by atomic mass is 9.71. The minimum absolute atomic E-state index is 0.0501. The molecule has 0 aliphatic heterocycles. The molecule has 0 aromatic heterocycles. The van der Waals surface area contributed by atoms with E-state index in [1.165, 1.54) is 19.3 Å². The van der Waals surface area contributed by atoms with Crippen molar-refractivity contribution < 1.29 is 5.11 Å².